The lowest BCUT2D eigenvalue weighted by Crippen LogP contribution is -2.29. The fraction of sp³-hybridized carbons (Fsp3) is 1.00. The van der Waals surface area contributed by atoms with Crippen LogP contribution < -0.4 is 5.09 Å². The molecule has 1 N–H and O–H groups in total. The summed E-state index contributed by atoms with van der Waals surface area (Å²) in [7, 11) is -2.68. The lowest BCUT2D eigenvalue weighted by molar-refractivity contribution is 0.269. The highest BCUT2D eigenvalue weighted by molar-refractivity contribution is 7.57. The van der Waals surface area contributed by atoms with Gasteiger partial charge in [0.05, 0.1) is 12.3 Å². The molecule has 3 nitrogen and oxygen atoms in total. The van der Waals surface area contributed by atoms with Crippen LogP contribution in [-0.2, 0) is 9.09 Å². The van der Waals surface area contributed by atoms with Crippen molar-refractivity contribution >= 4 is 30.7 Å². The van der Waals surface area contributed by atoms with Crippen molar-refractivity contribution in [2.75, 3.05) is 24.9 Å². The summed E-state index contributed by atoms with van der Waals surface area (Å²) in [5.41, 5.74) is -0.0298. The Morgan fingerprint density at radius 3 is 2.43 bits per heavy atom. The molecule has 14 heavy (non-hydrogen) atoms. The predicted molar refractivity (Wildman–Crippen MR) is 60.6 cm³/mol. The Kier molecular flexibility index (Phi) is 5.80. The average molecular weight is 260 g/mol. The molecular weight excluding hydrogens is 244 g/mol. The molecule has 0 saturated carbocycles. The van der Waals surface area contributed by atoms with Gasteiger partial charge in [-0.15, -0.1) is 23.2 Å². The molecule has 0 aromatic heterocycles. The second-order valence-corrected chi connectivity index (χ2v) is 6.56. The molecule has 1 rings (SSSR count). The molecule has 0 aromatic carbocycles. The standard InChI is InChI=1S/C8H16Cl2NO2P/c9-4-2-8(3-5-10)14(12)11-6-1-7-13-14/h8H,1-7H2,(H,11,12). The van der Waals surface area contributed by atoms with Gasteiger partial charge in [-0.1, -0.05) is 0 Å². The van der Waals surface area contributed by atoms with Gasteiger partial charge in [0.15, 0.2) is 0 Å². The Morgan fingerprint density at radius 1 is 1.36 bits per heavy atom. The number of hydrogen-bond acceptors (Lipinski definition) is 2. The summed E-state index contributed by atoms with van der Waals surface area (Å²) in [6, 6.07) is 0. The minimum Gasteiger partial charge on any atom is -0.317 e. The lowest BCUT2D eigenvalue weighted by Gasteiger charge is -2.30. The molecule has 1 atom stereocenters. The molecule has 84 valence electrons. The maximum absolute atomic E-state index is 12.3. The Hall–Kier alpha value is 0.730. The summed E-state index contributed by atoms with van der Waals surface area (Å²) in [5, 5.41) is 2.98. The summed E-state index contributed by atoms with van der Waals surface area (Å²) in [4.78, 5) is 0. The summed E-state index contributed by atoms with van der Waals surface area (Å²) in [6.45, 7) is 1.34. The molecule has 1 aliphatic heterocycles. The highest BCUT2D eigenvalue weighted by Crippen LogP contribution is 2.52. The van der Waals surface area contributed by atoms with E-state index in [-0.39, 0.29) is 5.66 Å². The summed E-state index contributed by atoms with van der Waals surface area (Å²) in [5.74, 6) is 0.993. The summed E-state index contributed by atoms with van der Waals surface area (Å²) < 4.78 is 17.6. The first-order chi connectivity index (χ1) is 6.73. The first kappa shape index (κ1) is 12.8. The van der Waals surface area contributed by atoms with Gasteiger partial charge in [0.25, 0.3) is 7.52 Å². The topological polar surface area (TPSA) is 38.3 Å². The molecule has 0 aliphatic carbocycles. The SMILES string of the molecule is O=P1(C(CCCl)CCCl)NCCCO1. The van der Waals surface area contributed by atoms with Crippen LogP contribution in [0.15, 0.2) is 0 Å². The molecular formula is C8H16Cl2NO2P. The van der Waals surface area contributed by atoms with Crippen LogP contribution in [0.2, 0.25) is 0 Å². The molecule has 0 amide bonds. The Bertz CT molecular complexity index is 200. The molecule has 1 heterocycles. The van der Waals surface area contributed by atoms with E-state index in [2.05, 4.69) is 5.09 Å². The van der Waals surface area contributed by atoms with Crippen molar-refractivity contribution in [3.8, 4) is 0 Å². The molecule has 0 aromatic rings. The van der Waals surface area contributed by atoms with Gasteiger partial charge in [0.2, 0.25) is 0 Å². The third-order valence-electron chi connectivity index (χ3n) is 2.30. The van der Waals surface area contributed by atoms with Crippen molar-refractivity contribution in [2.24, 2.45) is 0 Å². The van der Waals surface area contributed by atoms with Crippen molar-refractivity contribution in [3.63, 3.8) is 0 Å². The zero-order valence-corrected chi connectivity index (χ0v) is 10.5. The molecule has 1 saturated heterocycles. The first-order valence-corrected chi connectivity index (χ1v) is 7.60. The van der Waals surface area contributed by atoms with Crippen LogP contribution in [0.5, 0.6) is 0 Å². The molecule has 1 aliphatic rings. The van der Waals surface area contributed by atoms with Crippen LogP contribution in [0, 0.1) is 0 Å². The monoisotopic (exact) mass is 259 g/mol. The van der Waals surface area contributed by atoms with E-state index >= 15 is 0 Å². The van der Waals surface area contributed by atoms with Gasteiger partial charge >= 0.3 is 0 Å². The number of alkyl halides is 2. The van der Waals surface area contributed by atoms with Crippen molar-refractivity contribution in [1.82, 2.24) is 5.09 Å². The zero-order valence-electron chi connectivity index (χ0n) is 8.05. The van der Waals surface area contributed by atoms with E-state index in [0.29, 0.717) is 31.2 Å². The van der Waals surface area contributed by atoms with Gasteiger partial charge in [-0.2, -0.15) is 0 Å². The quantitative estimate of drug-likeness (QED) is 0.610. The van der Waals surface area contributed by atoms with Gasteiger partial charge in [0, 0.05) is 18.3 Å². The van der Waals surface area contributed by atoms with Gasteiger partial charge in [-0.25, -0.2) is 5.09 Å². The molecule has 1 fully saturated rings. The van der Waals surface area contributed by atoms with Crippen molar-refractivity contribution in [2.45, 2.75) is 24.9 Å². The van der Waals surface area contributed by atoms with Gasteiger partial charge in [0.1, 0.15) is 0 Å². The lowest BCUT2D eigenvalue weighted by atomic mass is 10.3. The molecule has 0 spiro atoms. The molecule has 6 heteroatoms. The van der Waals surface area contributed by atoms with Crippen LogP contribution in [0.3, 0.4) is 0 Å². The maximum atomic E-state index is 12.3. The van der Waals surface area contributed by atoms with Crippen LogP contribution >= 0.6 is 30.7 Å². The predicted octanol–water partition coefficient (Wildman–Crippen LogP) is 2.82. The smallest absolute Gasteiger partial charge is 0.272 e. The van der Waals surface area contributed by atoms with E-state index in [4.69, 9.17) is 27.7 Å². The summed E-state index contributed by atoms with van der Waals surface area (Å²) in [6.07, 6.45) is 2.30. The van der Waals surface area contributed by atoms with Crippen LogP contribution in [0.1, 0.15) is 19.3 Å². The molecule has 0 radical (unpaired) electrons. The van der Waals surface area contributed by atoms with Crippen LogP contribution in [0.25, 0.3) is 0 Å². The Morgan fingerprint density at radius 2 is 2.00 bits per heavy atom. The second-order valence-electron chi connectivity index (χ2n) is 3.30. The highest BCUT2D eigenvalue weighted by Gasteiger charge is 2.34. The van der Waals surface area contributed by atoms with Crippen LogP contribution in [0.4, 0.5) is 0 Å². The number of rotatable bonds is 5. The Balaban J connectivity index is 2.58. The van der Waals surface area contributed by atoms with Crippen LogP contribution in [-0.4, -0.2) is 30.6 Å². The van der Waals surface area contributed by atoms with Gasteiger partial charge in [-0.3, -0.25) is 4.57 Å². The number of halogens is 2. The minimum atomic E-state index is -2.68. The third-order valence-corrected chi connectivity index (χ3v) is 5.45. The van der Waals surface area contributed by atoms with Crippen molar-refractivity contribution in [1.29, 1.82) is 0 Å². The average Bonchev–Trinajstić information content (AvgIpc) is 2.19. The van der Waals surface area contributed by atoms with E-state index in [9.17, 15) is 4.57 Å². The normalized spacial score (nSPS) is 28.2. The van der Waals surface area contributed by atoms with E-state index in [1.165, 1.54) is 0 Å². The maximum Gasteiger partial charge on any atom is 0.272 e. The zero-order chi connectivity index (χ0) is 10.4. The second kappa shape index (κ2) is 6.34. The fourth-order valence-electron chi connectivity index (χ4n) is 1.52. The summed E-state index contributed by atoms with van der Waals surface area (Å²) >= 11 is 11.3. The van der Waals surface area contributed by atoms with Crippen molar-refractivity contribution < 1.29 is 9.09 Å². The molecule has 1 unspecified atom stereocenters. The van der Waals surface area contributed by atoms with E-state index in [1.54, 1.807) is 0 Å². The van der Waals surface area contributed by atoms with E-state index in [1.807, 2.05) is 0 Å². The first-order valence-electron chi connectivity index (χ1n) is 4.84. The number of nitrogens with one attached hydrogen (secondary N) is 1. The van der Waals surface area contributed by atoms with E-state index < -0.39 is 7.52 Å². The minimum absolute atomic E-state index is 0.0298. The fourth-order valence-corrected chi connectivity index (χ4v) is 4.72. The van der Waals surface area contributed by atoms with Crippen molar-refractivity contribution in [3.05, 3.63) is 0 Å². The number of hydrogen-bond donors (Lipinski definition) is 1. The Labute approximate surface area is 95.0 Å². The largest absolute Gasteiger partial charge is 0.317 e. The third kappa shape index (κ3) is 3.39. The molecule has 0 bridgehead atoms. The highest BCUT2D eigenvalue weighted by atomic mass is 35.5. The van der Waals surface area contributed by atoms with Gasteiger partial charge in [-0.05, 0) is 19.3 Å². The van der Waals surface area contributed by atoms with E-state index in [0.717, 1.165) is 13.0 Å². The van der Waals surface area contributed by atoms with Gasteiger partial charge < -0.3 is 4.52 Å².